The van der Waals surface area contributed by atoms with Crippen molar-refractivity contribution in [3.63, 3.8) is 0 Å². The molecule has 0 bridgehead atoms. The molecule has 0 radical (unpaired) electrons. The summed E-state index contributed by atoms with van der Waals surface area (Å²) < 4.78 is 26.8. The van der Waals surface area contributed by atoms with E-state index in [1.807, 2.05) is 0 Å². The fourth-order valence-electron chi connectivity index (χ4n) is 1.86. The van der Waals surface area contributed by atoms with Crippen LogP contribution in [-0.2, 0) is 11.2 Å². The predicted octanol–water partition coefficient (Wildman–Crippen LogP) is 3.65. The van der Waals surface area contributed by atoms with Gasteiger partial charge in [0.05, 0.1) is 0 Å². The van der Waals surface area contributed by atoms with Gasteiger partial charge in [-0.3, -0.25) is 4.79 Å². The van der Waals surface area contributed by atoms with Crippen LogP contribution in [0.1, 0.15) is 12.0 Å². The van der Waals surface area contributed by atoms with E-state index in [0.29, 0.717) is 12.0 Å². The summed E-state index contributed by atoms with van der Waals surface area (Å²) in [5.41, 5.74) is 1.50. The minimum Gasteiger partial charge on any atom is -0.481 e. The normalized spacial score (nSPS) is 10.4. The molecule has 0 aromatic heterocycles. The smallest absolute Gasteiger partial charge is 0.303 e. The Labute approximate surface area is 109 Å². The van der Waals surface area contributed by atoms with Gasteiger partial charge in [0.2, 0.25) is 0 Å². The molecule has 2 aromatic carbocycles. The van der Waals surface area contributed by atoms with E-state index >= 15 is 0 Å². The van der Waals surface area contributed by atoms with E-state index in [-0.39, 0.29) is 12.0 Å². The highest BCUT2D eigenvalue weighted by molar-refractivity contribution is 5.68. The van der Waals surface area contributed by atoms with Gasteiger partial charge in [0.1, 0.15) is 11.6 Å². The first-order chi connectivity index (χ1) is 9.06. The largest absolute Gasteiger partial charge is 0.481 e. The molecule has 0 aliphatic heterocycles. The molecule has 0 heterocycles. The van der Waals surface area contributed by atoms with Crippen molar-refractivity contribution in [2.45, 2.75) is 12.8 Å². The number of aryl methyl sites for hydroxylation is 1. The number of hydrogen-bond donors (Lipinski definition) is 1. The third-order valence-corrected chi connectivity index (χ3v) is 2.79. The van der Waals surface area contributed by atoms with Gasteiger partial charge < -0.3 is 5.11 Å². The summed E-state index contributed by atoms with van der Waals surface area (Å²) in [6, 6.07) is 10.1. The average Bonchev–Trinajstić information content (AvgIpc) is 2.39. The summed E-state index contributed by atoms with van der Waals surface area (Å²) in [6.07, 6.45) is 0.370. The lowest BCUT2D eigenvalue weighted by Crippen LogP contribution is -1.97. The first-order valence-corrected chi connectivity index (χ1v) is 5.82. The maximum atomic E-state index is 13.6. The molecular formula is C15H12F2O2. The van der Waals surface area contributed by atoms with Crippen molar-refractivity contribution in [2.75, 3.05) is 0 Å². The number of rotatable bonds is 4. The van der Waals surface area contributed by atoms with E-state index in [1.54, 1.807) is 24.3 Å². The van der Waals surface area contributed by atoms with Crippen LogP contribution in [0.3, 0.4) is 0 Å². The molecule has 19 heavy (non-hydrogen) atoms. The zero-order valence-corrected chi connectivity index (χ0v) is 10.1. The van der Waals surface area contributed by atoms with Gasteiger partial charge in [0.15, 0.2) is 0 Å². The van der Waals surface area contributed by atoms with Gasteiger partial charge >= 0.3 is 5.97 Å². The second-order valence-corrected chi connectivity index (χ2v) is 4.22. The van der Waals surface area contributed by atoms with Crippen molar-refractivity contribution in [1.29, 1.82) is 0 Å². The number of carboxylic acids is 1. The molecule has 0 aliphatic rings. The van der Waals surface area contributed by atoms with Crippen molar-refractivity contribution in [3.8, 4) is 11.1 Å². The van der Waals surface area contributed by atoms with Gasteiger partial charge in [-0.25, -0.2) is 8.78 Å². The highest BCUT2D eigenvalue weighted by Crippen LogP contribution is 2.24. The molecule has 0 saturated carbocycles. The first-order valence-electron chi connectivity index (χ1n) is 5.82. The third kappa shape index (κ3) is 3.37. The summed E-state index contributed by atoms with van der Waals surface area (Å²) in [4.78, 5) is 10.5. The molecule has 98 valence electrons. The minimum absolute atomic E-state index is 0.00901. The Balaban J connectivity index is 2.32. The number of hydrogen-bond acceptors (Lipinski definition) is 1. The summed E-state index contributed by atoms with van der Waals surface area (Å²) in [6.45, 7) is 0. The number of aliphatic carboxylic acids is 1. The maximum Gasteiger partial charge on any atom is 0.303 e. The van der Waals surface area contributed by atoms with Crippen LogP contribution < -0.4 is 0 Å². The minimum atomic E-state index is -0.887. The summed E-state index contributed by atoms with van der Waals surface area (Å²) in [5, 5.41) is 8.63. The van der Waals surface area contributed by atoms with E-state index in [9.17, 15) is 13.6 Å². The summed E-state index contributed by atoms with van der Waals surface area (Å²) in [5.74, 6) is -1.90. The van der Waals surface area contributed by atoms with Crippen LogP contribution in [0, 0.1) is 11.6 Å². The Hall–Kier alpha value is -2.23. The van der Waals surface area contributed by atoms with Crippen LogP contribution in [-0.4, -0.2) is 11.1 Å². The highest BCUT2D eigenvalue weighted by Gasteiger charge is 2.07. The standard InChI is InChI=1S/C15H12F2O2/c16-12-5-6-14(17)13(9-12)11-3-1-2-10(8-11)4-7-15(18)19/h1-3,5-6,8-9H,4,7H2,(H,18,19). The van der Waals surface area contributed by atoms with E-state index in [4.69, 9.17) is 5.11 Å². The molecule has 0 spiro atoms. The van der Waals surface area contributed by atoms with Crippen molar-refractivity contribution in [1.82, 2.24) is 0 Å². The number of carboxylic acid groups (broad SMARTS) is 1. The Morgan fingerprint density at radius 2 is 1.89 bits per heavy atom. The van der Waals surface area contributed by atoms with Crippen LogP contribution in [0.15, 0.2) is 42.5 Å². The lowest BCUT2D eigenvalue weighted by molar-refractivity contribution is -0.136. The Morgan fingerprint density at radius 1 is 1.11 bits per heavy atom. The van der Waals surface area contributed by atoms with Crippen LogP contribution in [0.4, 0.5) is 8.78 Å². The average molecular weight is 262 g/mol. The fraction of sp³-hybridized carbons (Fsp3) is 0.133. The molecule has 2 aromatic rings. The van der Waals surface area contributed by atoms with Crippen LogP contribution >= 0.6 is 0 Å². The predicted molar refractivity (Wildman–Crippen MR) is 67.8 cm³/mol. The van der Waals surface area contributed by atoms with Crippen molar-refractivity contribution in [2.24, 2.45) is 0 Å². The fourth-order valence-corrected chi connectivity index (χ4v) is 1.86. The molecule has 0 saturated heterocycles. The quantitative estimate of drug-likeness (QED) is 0.913. The van der Waals surface area contributed by atoms with Gasteiger partial charge in [-0.1, -0.05) is 24.3 Å². The van der Waals surface area contributed by atoms with E-state index in [2.05, 4.69) is 0 Å². The molecule has 0 unspecified atom stereocenters. The Morgan fingerprint density at radius 3 is 2.63 bits per heavy atom. The highest BCUT2D eigenvalue weighted by atomic mass is 19.1. The first kappa shape index (κ1) is 13.2. The molecule has 2 rings (SSSR count). The third-order valence-electron chi connectivity index (χ3n) is 2.79. The number of benzene rings is 2. The zero-order chi connectivity index (χ0) is 13.8. The molecular weight excluding hydrogens is 250 g/mol. The molecule has 0 fully saturated rings. The SMILES string of the molecule is O=C(O)CCc1cccc(-c2cc(F)ccc2F)c1. The van der Waals surface area contributed by atoms with Crippen LogP contribution in [0.5, 0.6) is 0 Å². The Kier molecular flexibility index (Phi) is 3.90. The molecule has 1 N–H and O–H groups in total. The van der Waals surface area contributed by atoms with Crippen LogP contribution in [0.2, 0.25) is 0 Å². The van der Waals surface area contributed by atoms with Crippen molar-refractivity contribution in [3.05, 3.63) is 59.7 Å². The van der Waals surface area contributed by atoms with Crippen molar-refractivity contribution < 1.29 is 18.7 Å². The molecule has 0 atom stereocenters. The second kappa shape index (κ2) is 5.61. The van der Waals surface area contributed by atoms with E-state index in [1.165, 1.54) is 0 Å². The topological polar surface area (TPSA) is 37.3 Å². The second-order valence-electron chi connectivity index (χ2n) is 4.22. The molecule has 4 heteroatoms. The lowest BCUT2D eigenvalue weighted by Gasteiger charge is -2.06. The molecule has 0 aliphatic carbocycles. The maximum absolute atomic E-state index is 13.6. The monoisotopic (exact) mass is 262 g/mol. The zero-order valence-electron chi connectivity index (χ0n) is 10.1. The number of halogens is 2. The summed E-state index contributed by atoms with van der Waals surface area (Å²) >= 11 is 0. The lowest BCUT2D eigenvalue weighted by atomic mass is 10.0. The van der Waals surface area contributed by atoms with Gasteiger partial charge in [-0.05, 0) is 35.7 Å². The van der Waals surface area contributed by atoms with Crippen LogP contribution in [0.25, 0.3) is 11.1 Å². The van der Waals surface area contributed by atoms with E-state index < -0.39 is 17.6 Å². The van der Waals surface area contributed by atoms with Gasteiger partial charge in [-0.2, -0.15) is 0 Å². The summed E-state index contributed by atoms with van der Waals surface area (Å²) in [7, 11) is 0. The van der Waals surface area contributed by atoms with Gasteiger partial charge in [-0.15, -0.1) is 0 Å². The molecule has 2 nitrogen and oxygen atoms in total. The number of carbonyl (C=O) groups is 1. The van der Waals surface area contributed by atoms with Gasteiger partial charge in [0.25, 0.3) is 0 Å². The molecule has 0 amide bonds. The van der Waals surface area contributed by atoms with E-state index in [0.717, 1.165) is 23.8 Å². The van der Waals surface area contributed by atoms with Crippen molar-refractivity contribution >= 4 is 5.97 Å². The Bertz CT molecular complexity index is 609. The van der Waals surface area contributed by atoms with Gasteiger partial charge in [0, 0.05) is 12.0 Å².